The summed E-state index contributed by atoms with van der Waals surface area (Å²) in [7, 11) is 1.71. The van der Waals surface area contributed by atoms with Crippen LogP contribution < -0.4 is 15.0 Å². The molecule has 0 aromatic heterocycles. The molecule has 0 radical (unpaired) electrons. The molecule has 0 amide bonds. The number of phenolic OH excluding ortho intramolecular Hbond substituents is 1. The molecular weight excluding hydrogens is 491 g/mol. The Hall–Kier alpha value is -2.16. The summed E-state index contributed by atoms with van der Waals surface area (Å²) in [5.74, 6) is 2.47. The van der Waals surface area contributed by atoms with Crippen LogP contribution in [0.1, 0.15) is 25.3 Å². The Labute approximate surface area is 197 Å². The van der Waals surface area contributed by atoms with E-state index < -0.39 is 0 Å². The lowest BCUT2D eigenvalue weighted by molar-refractivity contribution is 0.369. The van der Waals surface area contributed by atoms with Crippen molar-refractivity contribution in [1.29, 1.82) is 0 Å². The van der Waals surface area contributed by atoms with Crippen LogP contribution >= 0.6 is 24.0 Å². The lowest BCUT2D eigenvalue weighted by atomic mass is 10.0. The third-order valence-corrected chi connectivity index (χ3v) is 5.32. The molecular formula is C23H33IN4O2. The smallest absolute Gasteiger partial charge is 0.194 e. The number of ether oxygens (including phenoxy) is 1. The number of nitrogens with zero attached hydrogens (tertiary/aromatic N) is 3. The van der Waals surface area contributed by atoms with Gasteiger partial charge in [-0.1, -0.05) is 37.3 Å². The zero-order valence-electron chi connectivity index (χ0n) is 18.0. The highest BCUT2D eigenvalue weighted by molar-refractivity contribution is 14.0. The van der Waals surface area contributed by atoms with Crippen LogP contribution in [0.5, 0.6) is 11.5 Å². The van der Waals surface area contributed by atoms with Crippen LogP contribution in [0.3, 0.4) is 0 Å². The highest BCUT2D eigenvalue weighted by atomic mass is 127. The number of benzene rings is 2. The molecule has 0 bridgehead atoms. The van der Waals surface area contributed by atoms with Crippen molar-refractivity contribution < 1.29 is 9.84 Å². The minimum atomic E-state index is 0. The topological polar surface area (TPSA) is 60.3 Å². The molecule has 1 saturated heterocycles. The number of nitrogens with one attached hydrogen (secondary N) is 1. The summed E-state index contributed by atoms with van der Waals surface area (Å²) in [6.45, 7) is 9.24. The molecule has 7 heteroatoms. The fourth-order valence-electron chi connectivity index (χ4n) is 3.71. The molecule has 1 aliphatic heterocycles. The van der Waals surface area contributed by atoms with E-state index in [1.54, 1.807) is 13.2 Å². The highest BCUT2D eigenvalue weighted by Gasteiger charge is 2.21. The maximum absolute atomic E-state index is 10.1. The van der Waals surface area contributed by atoms with Gasteiger partial charge in [-0.05, 0) is 30.7 Å². The van der Waals surface area contributed by atoms with Crippen molar-refractivity contribution in [3.63, 3.8) is 0 Å². The Kier molecular flexibility index (Phi) is 9.55. The molecule has 1 aliphatic rings. The maximum atomic E-state index is 10.1. The predicted molar refractivity (Wildman–Crippen MR) is 135 cm³/mol. The van der Waals surface area contributed by atoms with Crippen LogP contribution in [-0.2, 0) is 0 Å². The molecule has 1 heterocycles. The Morgan fingerprint density at radius 3 is 2.43 bits per heavy atom. The van der Waals surface area contributed by atoms with Crippen LogP contribution in [0.25, 0.3) is 0 Å². The summed E-state index contributed by atoms with van der Waals surface area (Å²) in [5.41, 5.74) is 2.08. The van der Waals surface area contributed by atoms with Crippen LogP contribution in [0.2, 0.25) is 0 Å². The van der Waals surface area contributed by atoms with Crippen LogP contribution in [-0.4, -0.2) is 62.3 Å². The standard InChI is InChI=1S/C23H32N4O2.HI/c1-4-24-23(25-17-18(2)19-9-5-8-12-22(19)29-3)27-15-13-26(14-16-27)20-10-6-7-11-21(20)28;/h5-12,18,28H,4,13-17H2,1-3H3,(H,24,25);1H. The molecule has 1 fully saturated rings. The van der Waals surface area contributed by atoms with Crippen molar-refractivity contribution in [3.05, 3.63) is 54.1 Å². The average molecular weight is 524 g/mol. The second-order valence-electron chi connectivity index (χ2n) is 7.30. The minimum Gasteiger partial charge on any atom is -0.506 e. The average Bonchev–Trinajstić information content (AvgIpc) is 2.77. The van der Waals surface area contributed by atoms with Gasteiger partial charge in [-0.15, -0.1) is 24.0 Å². The summed E-state index contributed by atoms with van der Waals surface area (Å²) in [5, 5.41) is 13.5. The predicted octanol–water partition coefficient (Wildman–Crippen LogP) is 3.91. The number of aromatic hydroxyl groups is 1. The van der Waals surface area contributed by atoms with Gasteiger partial charge >= 0.3 is 0 Å². The van der Waals surface area contributed by atoms with Gasteiger partial charge in [0.15, 0.2) is 5.96 Å². The first-order chi connectivity index (χ1) is 14.1. The lowest BCUT2D eigenvalue weighted by Crippen LogP contribution is -2.52. The number of phenols is 1. The number of methoxy groups -OCH3 is 1. The van der Waals surface area contributed by atoms with Gasteiger partial charge in [0.1, 0.15) is 11.5 Å². The molecule has 2 aromatic rings. The molecule has 164 valence electrons. The van der Waals surface area contributed by atoms with E-state index in [1.807, 2.05) is 36.4 Å². The zero-order chi connectivity index (χ0) is 20.6. The van der Waals surface area contributed by atoms with E-state index in [9.17, 15) is 5.11 Å². The molecule has 2 aromatic carbocycles. The largest absolute Gasteiger partial charge is 0.506 e. The third kappa shape index (κ3) is 5.93. The Morgan fingerprint density at radius 2 is 1.77 bits per heavy atom. The second kappa shape index (κ2) is 11.9. The van der Waals surface area contributed by atoms with Crippen molar-refractivity contribution in [1.82, 2.24) is 10.2 Å². The van der Waals surface area contributed by atoms with Gasteiger partial charge in [-0.25, -0.2) is 0 Å². The number of para-hydroxylation sites is 3. The maximum Gasteiger partial charge on any atom is 0.194 e. The number of hydrogen-bond donors (Lipinski definition) is 2. The monoisotopic (exact) mass is 524 g/mol. The highest BCUT2D eigenvalue weighted by Crippen LogP contribution is 2.28. The second-order valence-corrected chi connectivity index (χ2v) is 7.30. The summed E-state index contributed by atoms with van der Waals surface area (Å²) in [6, 6.07) is 15.7. The van der Waals surface area contributed by atoms with Crippen molar-refractivity contribution in [3.8, 4) is 11.5 Å². The molecule has 0 spiro atoms. The van der Waals surface area contributed by atoms with E-state index in [4.69, 9.17) is 9.73 Å². The number of aliphatic imine (C=N–C) groups is 1. The molecule has 1 unspecified atom stereocenters. The van der Waals surface area contributed by atoms with Gasteiger partial charge in [0.05, 0.1) is 12.8 Å². The Balaban J connectivity index is 0.00000320. The first-order valence-electron chi connectivity index (χ1n) is 10.3. The summed E-state index contributed by atoms with van der Waals surface area (Å²) < 4.78 is 5.50. The van der Waals surface area contributed by atoms with Crippen LogP contribution in [0.4, 0.5) is 5.69 Å². The molecule has 1 atom stereocenters. The van der Waals surface area contributed by atoms with Gasteiger partial charge in [-0.2, -0.15) is 0 Å². The number of hydrogen-bond acceptors (Lipinski definition) is 4. The molecule has 3 rings (SSSR count). The molecule has 30 heavy (non-hydrogen) atoms. The number of anilines is 1. The summed E-state index contributed by atoms with van der Waals surface area (Å²) >= 11 is 0. The van der Waals surface area contributed by atoms with E-state index >= 15 is 0 Å². The van der Waals surface area contributed by atoms with Gasteiger partial charge in [-0.3, -0.25) is 4.99 Å². The zero-order valence-corrected chi connectivity index (χ0v) is 20.4. The van der Waals surface area contributed by atoms with Crippen molar-refractivity contribution in [2.24, 2.45) is 4.99 Å². The van der Waals surface area contributed by atoms with Crippen LogP contribution in [0.15, 0.2) is 53.5 Å². The van der Waals surface area contributed by atoms with E-state index in [0.29, 0.717) is 12.3 Å². The molecule has 0 saturated carbocycles. The first kappa shape index (κ1) is 24.1. The van der Waals surface area contributed by atoms with Crippen molar-refractivity contribution >= 4 is 35.6 Å². The summed E-state index contributed by atoms with van der Waals surface area (Å²) in [4.78, 5) is 9.44. The number of halogens is 1. The Morgan fingerprint density at radius 1 is 1.10 bits per heavy atom. The number of piperazine rings is 1. The quantitative estimate of drug-likeness (QED) is 0.341. The SMILES string of the molecule is CCNC(=NCC(C)c1ccccc1OC)N1CCN(c2ccccc2O)CC1.I. The van der Waals surface area contributed by atoms with E-state index in [1.165, 1.54) is 5.56 Å². The van der Waals surface area contributed by atoms with Gasteiger partial charge in [0.25, 0.3) is 0 Å². The molecule has 2 N–H and O–H groups in total. The van der Waals surface area contributed by atoms with Crippen LogP contribution in [0, 0.1) is 0 Å². The van der Waals surface area contributed by atoms with E-state index in [0.717, 1.165) is 50.1 Å². The van der Waals surface area contributed by atoms with Gasteiger partial charge in [0.2, 0.25) is 0 Å². The molecule has 6 nitrogen and oxygen atoms in total. The lowest BCUT2D eigenvalue weighted by Gasteiger charge is -2.38. The fourth-order valence-corrected chi connectivity index (χ4v) is 3.71. The summed E-state index contributed by atoms with van der Waals surface area (Å²) in [6.07, 6.45) is 0. The van der Waals surface area contributed by atoms with E-state index in [-0.39, 0.29) is 29.9 Å². The first-order valence-corrected chi connectivity index (χ1v) is 10.3. The van der Waals surface area contributed by atoms with Crippen molar-refractivity contribution in [2.75, 3.05) is 51.3 Å². The van der Waals surface area contributed by atoms with Crippen molar-refractivity contribution in [2.45, 2.75) is 19.8 Å². The minimum absolute atomic E-state index is 0. The normalized spacial score (nSPS) is 15.4. The third-order valence-electron chi connectivity index (χ3n) is 5.32. The molecule has 0 aliphatic carbocycles. The number of guanidine groups is 1. The van der Waals surface area contributed by atoms with Gasteiger partial charge < -0.3 is 25.0 Å². The number of rotatable bonds is 6. The fraction of sp³-hybridized carbons (Fsp3) is 0.435. The van der Waals surface area contributed by atoms with E-state index in [2.05, 4.69) is 35.0 Å². The van der Waals surface area contributed by atoms with Gasteiger partial charge in [0, 0.05) is 45.2 Å². The Bertz CT molecular complexity index is 822.